The van der Waals surface area contributed by atoms with E-state index in [1.807, 2.05) is 25.1 Å². The van der Waals surface area contributed by atoms with Gasteiger partial charge in [-0.2, -0.15) is 0 Å². The monoisotopic (exact) mass is 282 g/mol. The minimum absolute atomic E-state index is 0.261. The van der Waals surface area contributed by atoms with Crippen LogP contribution in [0.15, 0.2) is 36.5 Å². The van der Waals surface area contributed by atoms with Gasteiger partial charge in [-0.05, 0) is 43.9 Å². The molecule has 21 heavy (non-hydrogen) atoms. The van der Waals surface area contributed by atoms with Crippen LogP contribution in [0.25, 0.3) is 0 Å². The summed E-state index contributed by atoms with van der Waals surface area (Å²) >= 11 is 0. The van der Waals surface area contributed by atoms with Crippen molar-refractivity contribution in [3.63, 3.8) is 0 Å². The van der Waals surface area contributed by atoms with Crippen molar-refractivity contribution < 1.29 is 9.90 Å². The molecule has 0 radical (unpaired) electrons. The van der Waals surface area contributed by atoms with Gasteiger partial charge in [-0.3, -0.25) is 4.98 Å². The van der Waals surface area contributed by atoms with Gasteiger partial charge in [0.2, 0.25) is 0 Å². The summed E-state index contributed by atoms with van der Waals surface area (Å²) in [6, 6.07) is 10.1. The van der Waals surface area contributed by atoms with E-state index in [1.165, 1.54) is 11.8 Å². The molecule has 0 fully saturated rings. The summed E-state index contributed by atoms with van der Waals surface area (Å²) in [4.78, 5) is 17.8. The third-order valence-electron chi connectivity index (χ3n) is 3.90. The quantitative estimate of drug-likeness (QED) is 0.915. The summed E-state index contributed by atoms with van der Waals surface area (Å²) in [6.45, 7) is 2.72. The molecule has 4 heteroatoms. The Morgan fingerprint density at radius 2 is 2.05 bits per heavy atom. The van der Waals surface area contributed by atoms with Gasteiger partial charge in [0.1, 0.15) is 5.56 Å². The molecule has 1 aliphatic rings. The van der Waals surface area contributed by atoms with E-state index in [0.29, 0.717) is 0 Å². The zero-order chi connectivity index (χ0) is 14.8. The Morgan fingerprint density at radius 1 is 1.24 bits per heavy atom. The number of para-hydroxylation sites is 1. The molecule has 0 atom stereocenters. The van der Waals surface area contributed by atoms with E-state index in [9.17, 15) is 9.90 Å². The fraction of sp³-hybridized carbons (Fsp3) is 0.294. The van der Waals surface area contributed by atoms with E-state index in [-0.39, 0.29) is 5.56 Å². The molecule has 1 aliphatic heterocycles. The Balaban J connectivity index is 2.16. The van der Waals surface area contributed by atoms with E-state index < -0.39 is 5.97 Å². The standard InChI is InChI=1S/C17H18N2O2/c1-12-10-16(14(11-18-12)17(20)21)19-9-5-4-7-13-6-2-3-8-15(13)19/h2-3,6,8,10-11H,4-5,7,9H2,1H3,(H,20,21). The van der Waals surface area contributed by atoms with E-state index in [2.05, 4.69) is 22.0 Å². The first-order chi connectivity index (χ1) is 10.2. The van der Waals surface area contributed by atoms with Gasteiger partial charge in [-0.15, -0.1) is 0 Å². The van der Waals surface area contributed by atoms with Crippen molar-refractivity contribution in [2.24, 2.45) is 0 Å². The highest BCUT2D eigenvalue weighted by atomic mass is 16.4. The first-order valence-corrected chi connectivity index (χ1v) is 7.22. The number of nitrogens with zero attached hydrogens (tertiary/aromatic N) is 2. The highest BCUT2D eigenvalue weighted by Crippen LogP contribution is 2.34. The fourth-order valence-electron chi connectivity index (χ4n) is 2.88. The molecule has 2 heterocycles. The average Bonchev–Trinajstić information content (AvgIpc) is 2.69. The minimum Gasteiger partial charge on any atom is -0.478 e. The maximum atomic E-state index is 11.5. The van der Waals surface area contributed by atoms with E-state index in [1.54, 1.807) is 0 Å². The lowest BCUT2D eigenvalue weighted by molar-refractivity contribution is 0.0697. The number of anilines is 2. The average molecular weight is 282 g/mol. The van der Waals surface area contributed by atoms with Crippen molar-refractivity contribution in [1.82, 2.24) is 4.98 Å². The third kappa shape index (κ3) is 2.61. The Kier molecular flexibility index (Phi) is 3.60. The van der Waals surface area contributed by atoms with Crippen molar-refractivity contribution in [2.45, 2.75) is 26.2 Å². The van der Waals surface area contributed by atoms with Crippen LogP contribution < -0.4 is 4.90 Å². The molecule has 0 aliphatic carbocycles. The second kappa shape index (κ2) is 5.56. The number of aromatic nitrogens is 1. The summed E-state index contributed by atoms with van der Waals surface area (Å²) in [5, 5.41) is 9.44. The lowest BCUT2D eigenvalue weighted by atomic mass is 10.1. The van der Waals surface area contributed by atoms with Gasteiger partial charge in [0.15, 0.2) is 0 Å². The zero-order valence-electron chi connectivity index (χ0n) is 12.0. The van der Waals surface area contributed by atoms with Crippen molar-refractivity contribution in [1.29, 1.82) is 0 Å². The number of carboxylic acid groups (broad SMARTS) is 1. The van der Waals surface area contributed by atoms with Crippen molar-refractivity contribution in [3.8, 4) is 0 Å². The van der Waals surface area contributed by atoms with Gasteiger partial charge in [-0.1, -0.05) is 18.2 Å². The number of pyridine rings is 1. The zero-order valence-corrected chi connectivity index (χ0v) is 12.0. The number of benzene rings is 1. The molecule has 0 saturated carbocycles. The van der Waals surface area contributed by atoms with Crippen molar-refractivity contribution >= 4 is 17.3 Å². The Labute approximate surface area is 124 Å². The Morgan fingerprint density at radius 3 is 2.86 bits per heavy atom. The highest BCUT2D eigenvalue weighted by Gasteiger charge is 2.21. The van der Waals surface area contributed by atoms with Crippen LogP contribution in [0.5, 0.6) is 0 Å². The van der Waals surface area contributed by atoms with Gasteiger partial charge in [0.05, 0.1) is 5.69 Å². The van der Waals surface area contributed by atoms with Crippen LogP contribution >= 0.6 is 0 Å². The van der Waals surface area contributed by atoms with E-state index in [4.69, 9.17) is 0 Å². The van der Waals surface area contributed by atoms with Gasteiger partial charge >= 0.3 is 5.97 Å². The lowest BCUT2D eigenvalue weighted by Crippen LogP contribution is -2.21. The second-order valence-corrected chi connectivity index (χ2v) is 5.39. The van der Waals surface area contributed by atoms with E-state index in [0.717, 1.165) is 42.9 Å². The van der Waals surface area contributed by atoms with Crippen LogP contribution in [0, 0.1) is 6.92 Å². The van der Waals surface area contributed by atoms with Gasteiger partial charge in [0, 0.05) is 24.1 Å². The van der Waals surface area contributed by atoms with Gasteiger partial charge in [-0.25, -0.2) is 4.79 Å². The maximum absolute atomic E-state index is 11.5. The summed E-state index contributed by atoms with van der Waals surface area (Å²) < 4.78 is 0. The molecule has 108 valence electrons. The van der Waals surface area contributed by atoms with Crippen molar-refractivity contribution in [3.05, 3.63) is 53.3 Å². The summed E-state index contributed by atoms with van der Waals surface area (Å²) in [6.07, 6.45) is 4.68. The maximum Gasteiger partial charge on any atom is 0.339 e. The predicted molar refractivity (Wildman–Crippen MR) is 82.3 cm³/mol. The molecule has 2 aromatic rings. The molecule has 1 N–H and O–H groups in total. The summed E-state index contributed by atoms with van der Waals surface area (Å²) in [5.41, 5.74) is 4.22. The third-order valence-corrected chi connectivity index (χ3v) is 3.90. The van der Waals surface area contributed by atoms with Crippen molar-refractivity contribution in [2.75, 3.05) is 11.4 Å². The smallest absolute Gasteiger partial charge is 0.339 e. The predicted octanol–water partition coefficient (Wildman–Crippen LogP) is 3.56. The molecule has 0 amide bonds. The van der Waals surface area contributed by atoms with E-state index >= 15 is 0 Å². The highest BCUT2D eigenvalue weighted by molar-refractivity contribution is 5.95. The van der Waals surface area contributed by atoms with Gasteiger partial charge in [0.25, 0.3) is 0 Å². The minimum atomic E-state index is -0.931. The SMILES string of the molecule is Cc1cc(N2CCCCc3ccccc32)c(C(=O)O)cn1. The molecule has 0 unspecified atom stereocenters. The largest absolute Gasteiger partial charge is 0.478 e. The Bertz CT molecular complexity index is 682. The number of fused-ring (bicyclic) bond motifs is 1. The molecule has 1 aromatic heterocycles. The summed E-state index contributed by atoms with van der Waals surface area (Å²) in [5.74, 6) is -0.931. The molecule has 3 rings (SSSR count). The molecule has 1 aromatic carbocycles. The number of aromatic carboxylic acids is 1. The van der Waals surface area contributed by atoms with Crippen LogP contribution in [0.1, 0.15) is 34.5 Å². The van der Waals surface area contributed by atoms with Crippen LogP contribution in [0.4, 0.5) is 11.4 Å². The molecule has 0 saturated heterocycles. The fourth-order valence-corrected chi connectivity index (χ4v) is 2.88. The topological polar surface area (TPSA) is 53.4 Å². The molecular weight excluding hydrogens is 264 g/mol. The number of hydrogen-bond acceptors (Lipinski definition) is 3. The first kappa shape index (κ1) is 13.6. The molecule has 4 nitrogen and oxygen atoms in total. The molecular formula is C17H18N2O2. The normalized spacial score (nSPS) is 14.4. The summed E-state index contributed by atoms with van der Waals surface area (Å²) in [7, 11) is 0. The number of aryl methyl sites for hydroxylation is 2. The van der Waals surface area contributed by atoms with Crippen LogP contribution in [-0.4, -0.2) is 22.6 Å². The first-order valence-electron chi connectivity index (χ1n) is 7.22. The molecule has 0 spiro atoms. The number of rotatable bonds is 2. The second-order valence-electron chi connectivity index (χ2n) is 5.39. The van der Waals surface area contributed by atoms with Gasteiger partial charge < -0.3 is 10.0 Å². The lowest BCUT2D eigenvalue weighted by Gasteiger charge is -2.26. The van der Waals surface area contributed by atoms with Crippen LogP contribution in [0.2, 0.25) is 0 Å². The van der Waals surface area contributed by atoms with Crippen LogP contribution in [-0.2, 0) is 6.42 Å². The Hall–Kier alpha value is -2.36. The number of hydrogen-bond donors (Lipinski definition) is 1. The van der Waals surface area contributed by atoms with Crippen LogP contribution in [0.3, 0.4) is 0 Å². The number of carboxylic acids is 1. The number of carbonyl (C=O) groups is 1. The molecule has 0 bridgehead atoms.